The molecule has 0 atom stereocenters. The Morgan fingerprint density at radius 2 is 1.38 bits per heavy atom. The number of piperidine rings is 2. The Labute approximate surface area is 187 Å². The number of nitrogens with zero attached hydrogens (tertiary/aromatic N) is 2. The van der Waals surface area contributed by atoms with Crippen molar-refractivity contribution < 1.29 is 23.1 Å². The highest BCUT2D eigenvalue weighted by Crippen LogP contribution is 2.22. The molecule has 0 saturated carbocycles. The van der Waals surface area contributed by atoms with Gasteiger partial charge in [-0.05, 0) is 80.5 Å². The van der Waals surface area contributed by atoms with Crippen LogP contribution in [-0.4, -0.2) is 54.4 Å². The van der Waals surface area contributed by atoms with Gasteiger partial charge in [0.2, 0.25) is 0 Å². The molecule has 5 nitrogen and oxygen atoms in total. The molecule has 2 fully saturated rings. The largest absolute Gasteiger partial charge is 0.493 e. The Morgan fingerprint density at radius 1 is 0.781 bits per heavy atom. The van der Waals surface area contributed by atoms with Crippen LogP contribution in [-0.2, 0) is 0 Å². The molecule has 170 valence electrons. The molecule has 2 saturated heterocycles. The van der Waals surface area contributed by atoms with Crippen LogP contribution in [0.5, 0.6) is 5.75 Å². The molecule has 0 N–H and O–H groups in total. The lowest BCUT2D eigenvalue weighted by Gasteiger charge is -2.32. The fraction of sp³-hybridized carbons (Fsp3) is 0.440. The van der Waals surface area contributed by atoms with E-state index in [0.29, 0.717) is 31.2 Å². The van der Waals surface area contributed by atoms with E-state index < -0.39 is 11.6 Å². The standard InChI is InChI=1S/C25H28F2N2O3/c26-22-9-6-20(16-23(22)27)25(31)29-14-10-18(11-15-29)17-32-21-7-4-19(5-8-21)24(30)28-12-2-1-3-13-28/h4-9,16,18H,1-3,10-15,17H2. The number of ether oxygens (including phenoxy) is 1. The number of rotatable bonds is 5. The van der Waals surface area contributed by atoms with Gasteiger partial charge in [-0.2, -0.15) is 0 Å². The maximum atomic E-state index is 13.4. The maximum absolute atomic E-state index is 13.4. The summed E-state index contributed by atoms with van der Waals surface area (Å²) in [5.74, 6) is -1.14. The molecule has 2 aliphatic rings. The Kier molecular flexibility index (Phi) is 7.02. The molecule has 2 heterocycles. The van der Waals surface area contributed by atoms with E-state index in [4.69, 9.17) is 4.74 Å². The summed E-state index contributed by atoms with van der Waals surface area (Å²) in [5, 5.41) is 0. The van der Waals surface area contributed by atoms with E-state index in [9.17, 15) is 18.4 Å². The first-order valence-electron chi connectivity index (χ1n) is 11.3. The van der Waals surface area contributed by atoms with Crippen molar-refractivity contribution in [2.75, 3.05) is 32.8 Å². The summed E-state index contributed by atoms with van der Waals surface area (Å²) in [6, 6.07) is 10.5. The Hall–Kier alpha value is -2.96. The molecule has 0 unspecified atom stereocenters. The van der Waals surface area contributed by atoms with Gasteiger partial charge in [0.1, 0.15) is 5.75 Å². The van der Waals surface area contributed by atoms with Crippen molar-refractivity contribution in [3.63, 3.8) is 0 Å². The van der Waals surface area contributed by atoms with Gasteiger partial charge in [-0.25, -0.2) is 8.78 Å². The number of hydrogen-bond acceptors (Lipinski definition) is 3. The third-order valence-corrected chi connectivity index (χ3v) is 6.30. The van der Waals surface area contributed by atoms with E-state index in [2.05, 4.69) is 0 Å². The van der Waals surface area contributed by atoms with Crippen LogP contribution in [0.25, 0.3) is 0 Å². The average Bonchev–Trinajstić information content (AvgIpc) is 2.85. The highest BCUT2D eigenvalue weighted by atomic mass is 19.2. The molecule has 0 spiro atoms. The first kappa shape index (κ1) is 22.2. The molecule has 2 amide bonds. The molecule has 0 aromatic heterocycles. The van der Waals surface area contributed by atoms with Crippen molar-refractivity contribution in [1.82, 2.24) is 9.80 Å². The normalized spacial score (nSPS) is 17.3. The topological polar surface area (TPSA) is 49.9 Å². The highest BCUT2D eigenvalue weighted by molar-refractivity contribution is 5.94. The fourth-order valence-electron chi connectivity index (χ4n) is 4.30. The van der Waals surface area contributed by atoms with Crippen molar-refractivity contribution in [3.8, 4) is 5.75 Å². The van der Waals surface area contributed by atoms with Crippen LogP contribution in [0.3, 0.4) is 0 Å². The third kappa shape index (κ3) is 5.26. The quantitative estimate of drug-likeness (QED) is 0.684. The van der Waals surface area contributed by atoms with Gasteiger partial charge < -0.3 is 14.5 Å². The van der Waals surface area contributed by atoms with Crippen LogP contribution in [0.15, 0.2) is 42.5 Å². The van der Waals surface area contributed by atoms with E-state index in [1.165, 1.54) is 12.5 Å². The van der Waals surface area contributed by atoms with Crippen molar-refractivity contribution in [2.24, 2.45) is 5.92 Å². The zero-order valence-electron chi connectivity index (χ0n) is 18.1. The van der Waals surface area contributed by atoms with Gasteiger partial charge in [-0.3, -0.25) is 9.59 Å². The van der Waals surface area contributed by atoms with Crippen LogP contribution in [0.1, 0.15) is 52.8 Å². The number of carbonyl (C=O) groups excluding carboxylic acids is 2. The summed E-state index contributed by atoms with van der Waals surface area (Å²) in [7, 11) is 0. The number of likely N-dealkylation sites (tertiary alicyclic amines) is 2. The lowest BCUT2D eigenvalue weighted by molar-refractivity contribution is 0.0659. The van der Waals surface area contributed by atoms with E-state index in [1.807, 2.05) is 29.2 Å². The molecule has 2 aromatic rings. The summed E-state index contributed by atoms with van der Waals surface area (Å²) >= 11 is 0. The first-order chi connectivity index (χ1) is 15.5. The minimum atomic E-state index is -1.01. The van der Waals surface area contributed by atoms with Crippen molar-refractivity contribution >= 4 is 11.8 Å². The number of benzene rings is 2. The van der Waals surface area contributed by atoms with Crippen molar-refractivity contribution in [1.29, 1.82) is 0 Å². The van der Waals surface area contributed by atoms with Crippen LogP contribution in [0, 0.1) is 17.6 Å². The third-order valence-electron chi connectivity index (χ3n) is 6.30. The Morgan fingerprint density at radius 3 is 2.03 bits per heavy atom. The van der Waals surface area contributed by atoms with Crippen LogP contribution >= 0.6 is 0 Å². The fourth-order valence-corrected chi connectivity index (χ4v) is 4.30. The van der Waals surface area contributed by atoms with Gasteiger partial charge in [0, 0.05) is 37.3 Å². The molecule has 0 bridgehead atoms. The lowest BCUT2D eigenvalue weighted by atomic mass is 9.97. The Bertz CT molecular complexity index is 950. The smallest absolute Gasteiger partial charge is 0.253 e. The molecule has 32 heavy (non-hydrogen) atoms. The van der Waals surface area contributed by atoms with Crippen molar-refractivity contribution in [3.05, 3.63) is 65.2 Å². The zero-order chi connectivity index (χ0) is 22.5. The molecule has 2 aromatic carbocycles. The van der Waals surface area contributed by atoms with Gasteiger partial charge >= 0.3 is 0 Å². The second kappa shape index (κ2) is 10.1. The molecular formula is C25H28F2N2O3. The molecule has 2 aliphatic heterocycles. The molecular weight excluding hydrogens is 414 g/mol. The molecule has 4 rings (SSSR count). The minimum absolute atomic E-state index is 0.0781. The zero-order valence-corrected chi connectivity index (χ0v) is 18.1. The summed E-state index contributed by atoms with van der Waals surface area (Å²) < 4.78 is 32.4. The number of carbonyl (C=O) groups is 2. The number of amides is 2. The lowest BCUT2D eigenvalue weighted by Crippen LogP contribution is -2.39. The van der Waals surface area contributed by atoms with Crippen molar-refractivity contribution in [2.45, 2.75) is 32.1 Å². The monoisotopic (exact) mass is 442 g/mol. The van der Waals surface area contributed by atoms with Gasteiger partial charge in [0.05, 0.1) is 6.61 Å². The van der Waals surface area contributed by atoms with Crippen LogP contribution in [0.2, 0.25) is 0 Å². The second-order valence-electron chi connectivity index (χ2n) is 8.55. The van der Waals surface area contributed by atoms with E-state index >= 15 is 0 Å². The predicted octanol–water partition coefficient (Wildman–Crippen LogP) is 4.52. The minimum Gasteiger partial charge on any atom is -0.493 e. The Balaban J connectivity index is 1.23. The van der Waals surface area contributed by atoms with Gasteiger partial charge in [0.25, 0.3) is 11.8 Å². The predicted molar refractivity (Wildman–Crippen MR) is 117 cm³/mol. The van der Waals surface area contributed by atoms with Crippen LogP contribution < -0.4 is 4.74 Å². The van der Waals surface area contributed by atoms with E-state index in [1.54, 1.807) is 4.90 Å². The summed E-state index contributed by atoms with van der Waals surface area (Å²) in [6.45, 7) is 3.29. The first-order valence-corrected chi connectivity index (χ1v) is 11.3. The summed E-state index contributed by atoms with van der Waals surface area (Å²) in [4.78, 5) is 28.7. The highest BCUT2D eigenvalue weighted by Gasteiger charge is 2.25. The van der Waals surface area contributed by atoms with Gasteiger partial charge in [-0.1, -0.05) is 0 Å². The SMILES string of the molecule is O=C(c1ccc(OCC2CCN(C(=O)c3ccc(F)c(F)c3)CC2)cc1)N1CCCCC1. The summed E-state index contributed by atoms with van der Waals surface area (Å²) in [6.07, 6.45) is 4.88. The van der Waals surface area contributed by atoms with Gasteiger partial charge in [0.15, 0.2) is 11.6 Å². The maximum Gasteiger partial charge on any atom is 0.253 e. The number of halogens is 2. The van der Waals surface area contributed by atoms with E-state index in [0.717, 1.165) is 56.7 Å². The van der Waals surface area contributed by atoms with E-state index in [-0.39, 0.29) is 17.4 Å². The second-order valence-corrected chi connectivity index (χ2v) is 8.55. The molecule has 7 heteroatoms. The molecule has 0 aliphatic carbocycles. The average molecular weight is 443 g/mol. The van der Waals surface area contributed by atoms with Gasteiger partial charge in [-0.15, -0.1) is 0 Å². The van der Waals surface area contributed by atoms with Crippen LogP contribution in [0.4, 0.5) is 8.78 Å². The number of hydrogen-bond donors (Lipinski definition) is 0. The molecule has 0 radical (unpaired) electrons. The summed E-state index contributed by atoms with van der Waals surface area (Å²) in [5.41, 5.74) is 0.848.